The molecule has 0 atom stereocenters. The lowest BCUT2D eigenvalue weighted by atomic mass is 10.1. The molecule has 6 N–H and O–H groups in total. The van der Waals surface area contributed by atoms with Gasteiger partial charge in [-0.25, -0.2) is 0 Å². The van der Waals surface area contributed by atoms with Gasteiger partial charge in [-0.05, 0) is 75.1 Å². The molecule has 0 amide bonds. The minimum Gasteiger partial charge on any atom is -0.504 e. The molecule has 0 heterocycles. The number of unbranched alkanes of at least 4 members (excludes halogenated alkanes) is 3. The van der Waals surface area contributed by atoms with Crippen LogP contribution in [-0.2, 0) is 22.4 Å². The summed E-state index contributed by atoms with van der Waals surface area (Å²) in [6.45, 7) is 10.6. The van der Waals surface area contributed by atoms with Crippen molar-refractivity contribution in [1.82, 2.24) is 10.6 Å². The Kier molecular flexibility index (Phi) is 28.0. The maximum Gasteiger partial charge on any atom is 0.305 e. The van der Waals surface area contributed by atoms with Crippen LogP contribution in [0.4, 0.5) is 0 Å². The van der Waals surface area contributed by atoms with E-state index in [2.05, 4.69) is 41.0 Å². The summed E-state index contributed by atoms with van der Waals surface area (Å²) in [6.07, 6.45) is 6.92. The Morgan fingerprint density at radius 2 is 1.05 bits per heavy atom. The summed E-state index contributed by atoms with van der Waals surface area (Å²) in [5.74, 6) is -2.05. The van der Waals surface area contributed by atoms with Gasteiger partial charge in [-0.1, -0.05) is 76.9 Å². The van der Waals surface area contributed by atoms with Gasteiger partial charge in [0.05, 0.1) is 11.8 Å². The van der Waals surface area contributed by atoms with Gasteiger partial charge in [0.25, 0.3) is 0 Å². The molecule has 2 aromatic carbocycles. The Bertz CT molecular complexity index is 881. The number of aromatic hydroxyl groups is 2. The number of phenolic OH excluding ortho intramolecular Hbond substituents is 2. The highest BCUT2D eigenvalue weighted by atomic mass is 35.5. The number of aliphatic carboxylic acids is 2. The van der Waals surface area contributed by atoms with Crippen LogP contribution in [0.3, 0.4) is 0 Å². The van der Waals surface area contributed by atoms with Crippen molar-refractivity contribution in [3.8, 4) is 11.5 Å². The third kappa shape index (κ3) is 24.5. The topological polar surface area (TPSA) is 139 Å². The fraction of sp³-hybridized carbons (Fsp3) is 0.533. The second-order valence-corrected chi connectivity index (χ2v) is 9.71. The molecule has 0 bridgehead atoms. The van der Waals surface area contributed by atoms with Gasteiger partial charge in [-0.2, -0.15) is 0 Å². The van der Waals surface area contributed by atoms with Crippen LogP contribution in [0, 0.1) is 11.8 Å². The Morgan fingerprint density at radius 3 is 1.45 bits per heavy atom. The smallest absolute Gasteiger partial charge is 0.305 e. The quantitative estimate of drug-likeness (QED) is 0.109. The number of carboxylic acids is 2. The average molecular weight is 606 g/mol. The van der Waals surface area contributed by atoms with Crippen molar-refractivity contribution in [2.24, 2.45) is 11.8 Å². The summed E-state index contributed by atoms with van der Waals surface area (Å²) in [4.78, 5) is 19.4. The molecule has 10 heteroatoms. The molecule has 0 aliphatic heterocycles. The second kappa shape index (κ2) is 26.7. The molecule has 8 nitrogen and oxygen atoms in total. The van der Waals surface area contributed by atoms with E-state index in [1.165, 1.54) is 31.2 Å². The van der Waals surface area contributed by atoms with Crippen LogP contribution < -0.4 is 10.6 Å². The van der Waals surface area contributed by atoms with Crippen molar-refractivity contribution in [2.45, 2.75) is 66.2 Å². The lowest BCUT2D eigenvalue weighted by molar-refractivity contribution is -0.141. The first-order valence-electron chi connectivity index (χ1n) is 13.5. The number of carbonyl (C=O) groups is 2. The van der Waals surface area contributed by atoms with Crippen LogP contribution in [0.2, 0.25) is 0 Å². The van der Waals surface area contributed by atoms with Crippen LogP contribution in [0.25, 0.3) is 0 Å². The number of benzene rings is 2. The van der Waals surface area contributed by atoms with Crippen LogP contribution in [0.15, 0.2) is 48.5 Å². The minimum atomic E-state index is -0.741. The van der Waals surface area contributed by atoms with Gasteiger partial charge < -0.3 is 31.1 Å². The fourth-order valence-corrected chi connectivity index (χ4v) is 2.94. The predicted molar refractivity (Wildman–Crippen MR) is 167 cm³/mol. The van der Waals surface area contributed by atoms with Gasteiger partial charge in [-0.15, -0.1) is 24.8 Å². The molecular formula is C30H50Cl2N2O6. The first-order valence-corrected chi connectivity index (χ1v) is 13.5. The average Bonchev–Trinajstić information content (AvgIpc) is 2.88. The van der Waals surface area contributed by atoms with Gasteiger partial charge in [0.1, 0.15) is 0 Å². The number of halogens is 2. The zero-order chi connectivity index (χ0) is 28.8. The largest absolute Gasteiger partial charge is 0.504 e. The fourth-order valence-electron chi connectivity index (χ4n) is 2.94. The Hall–Kier alpha value is -2.52. The van der Waals surface area contributed by atoms with E-state index < -0.39 is 11.9 Å². The van der Waals surface area contributed by atoms with Crippen molar-refractivity contribution < 1.29 is 30.0 Å². The molecule has 40 heavy (non-hydrogen) atoms. The third-order valence-electron chi connectivity index (χ3n) is 5.51. The maximum absolute atomic E-state index is 9.70. The van der Waals surface area contributed by atoms with Crippen molar-refractivity contribution in [2.75, 3.05) is 26.2 Å². The van der Waals surface area contributed by atoms with E-state index in [4.69, 9.17) is 10.2 Å². The number of nitrogens with one attached hydrogen (secondary N) is 2. The zero-order valence-electron chi connectivity index (χ0n) is 24.3. The number of hydrogen-bond donors (Lipinski definition) is 6. The molecule has 0 fully saturated rings. The molecular weight excluding hydrogens is 555 g/mol. The van der Waals surface area contributed by atoms with E-state index in [1.807, 2.05) is 6.07 Å². The number of hydrogen-bond acceptors (Lipinski definition) is 6. The molecule has 0 radical (unpaired) electrons. The van der Waals surface area contributed by atoms with E-state index in [1.54, 1.807) is 39.8 Å². The van der Waals surface area contributed by atoms with Crippen LogP contribution in [0.1, 0.15) is 64.5 Å². The Labute approximate surface area is 252 Å². The monoisotopic (exact) mass is 604 g/mol. The summed E-state index contributed by atoms with van der Waals surface area (Å²) in [7, 11) is 0. The molecule has 2 rings (SSSR count). The molecule has 0 saturated carbocycles. The van der Waals surface area contributed by atoms with Crippen molar-refractivity contribution in [3.05, 3.63) is 59.7 Å². The normalized spacial score (nSPS) is 9.85. The summed E-state index contributed by atoms with van der Waals surface area (Å²) in [6, 6.07) is 15.6. The summed E-state index contributed by atoms with van der Waals surface area (Å²) in [5.41, 5.74) is 2.43. The first-order chi connectivity index (χ1) is 18.0. The van der Waals surface area contributed by atoms with Gasteiger partial charge in [0, 0.05) is 0 Å². The number of carboxylic acid groups (broad SMARTS) is 2. The Morgan fingerprint density at radius 1 is 0.625 bits per heavy atom. The second-order valence-electron chi connectivity index (χ2n) is 9.71. The van der Waals surface area contributed by atoms with Gasteiger partial charge in [-0.3, -0.25) is 9.59 Å². The molecule has 2 aromatic rings. The number of phenols is 2. The lowest BCUT2D eigenvalue weighted by Crippen LogP contribution is -2.19. The molecule has 0 aromatic heterocycles. The highest BCUT2D eigenvalue weighted by Gasteiger charge is 2.01. The maximum atomic E-state index is 9.70. The van der Waals surface area contributed by atoms with E-state index >= 15 is 0 Å². The van der Waals surface area contributed by atoms with Gasteiger partial charge in [0.2, 0.25) is 0 Å². The number of rotatable bonds is 15. The van der Waals surface area contributed by atoms with Gasteiger partial charge in [0.15, 0.2) is 11.5 Å². The minimum absolute atomic E-state index is 0. The molecule has 0 aliphatic rings. The van der Waals surface area contributed by atoms with Crippen molar-refractivity contribution in [1.29, 1.82) is 0 Å². The summed E-state index contributed by atoms with van der Waals surface area (Å²) >= 11 is 0. The predicted octanol–water partition coefficient (Wildman–Crippen LogP) is 5.92. The SMILES string of the molecule is CC(C)C(=O)O.CC(C)C(=O)O.Cl.Cl.Oc1ccc(CCNCCCCCCNCCc2ccccc2)cc1O. The van der Waals surface area contributed by atoms with Crippen LogP contribution in [-0.4, -0.2) is 58.5 Å². The molecule has 230 valence electrons. The zero-order valence-corrected chi connectivity index (χ0v) is 25.9. The first kappa shape index (κ1) is 42.0. The van der Waals surface area contributed by atoms with Gasteiger partial charge >= 0.3 is 11.9 Å². The molecule has 0 aliphatic carbocycles. The standard InChI is InChI=1S/C22H32N2O2.2C4H8O2.2ClH/c25-21-11-10-20(18-22(21)26)13-17-24-15-7-2-1-6-14-23-16-12-19-8-4-3-5-9-19;2*1-3(2)4(5)6;;/h3-5,8-11,18,23-26H,1-2,6-7,12-17H2;2*3H,1-2H3,(H,5,6);2*1H. The molecule has 0 spiro atoms. The van der Waals surface area contributed by atoms with E-state index in [-0.39, 0.29) is 48.1 Å². The van der Waals surface area contributed by atoms with Crippen LogP contribution in [0.5, 0.6) is 11.5 Å². The summed E-state index contributed by atoms with van der Waals surface area (Å²) in [5, 5.41) is 41.7. The Balaban J connectivity index is -0.000000822. The lowest BCUT2D eigenvalue weighted by Gasteiger charge is -2.07. The molecule has 0 unspecified atom stereocenters. The van der Waals surface area contributed by atoms with Crippen molar-refractivity contribution >= 4 is 36.8 Å². The van der Waals surface area contributed by atoms with E-state index in [9.17, 15) is 19.8 Å². The third-order valence-corrected chi connectivity index (χ3v) is 5.51. The summed E-state index contributed by atoms with van der Waals surface area (Å²) < 4.78 is 0. The van der Waals surface area contributed by atoms with Crippen molar-refractivity contribution in [3.63, 3.8) is 0 Å². The van der Waals surface area contributed by atoms with E-state index in [0.29, 0.717) is 0 Å². The highest BCUT2D eigenvalue weighted by molar-refractivity contribution is 5.85. The van der Waals surface area contributed by atoms with Crippen LogP contribution >= 0.6 is 24.8 Å². The van der Waals surface area contributed by atoms with E-state index in [0.717, 1.165) is 44.6 Å². The molecule has 0 saturated heterocycles. The highest BCUT2D eigenvalue weighted by Crippen LogP contribution is 2.24.